The number of halogens is 1. The maximum atomic E-state index is 9.92. The number of aromatic hydroxyl groups is 1. The highest BCUT2D eigenvalue weighted by molar-refractivity contribution is 9.10. The van der Waals surface area contributed by atoms with Crippen molar-refractivity contribution in [1.82, 2.24) is 4.98 Å². The van der Waals surface area contributed by atoms with E-state index in [-0.39, 0.29) is 5.75 Å². The van der Waals surface area contributed by atoms with Crippen LogP contribution in [-0.4, -0.2) is 10.1 Å². The lowest BCUT2D eigenvalue weighted by atomic mass is 10.2. The van der Waals surface area contributed by atoms with E-state index in [1.807, 2.05) is 66.7 Å². The first-order valence-electron chi connectivity index (χ1n) is 7.82. The molecule has 2 aromatic heterocycles. The Morgan fingerprint density at radius 3 is 2.68 bits per heavy atom. The molecule has 0 saturated heterocycles. The van der Waals surface area contributed by atoms with Gasteiger partial charge in [-0.05, 0) is 48.6 Å². The van der Waals surface area contributed by atoms with Gasteiger partial charge in [-0.25, -0.2) is 4.98 Å². The van der Waals surface area contributed by atoms with E-state index in [4.69, 9.17) is 4.42 Å². The summed E-state index contributed by atoms with van der Waals surface area (Å²) in [7, 11) is 0. The fourth-order valence-corrected chi connectivity index (χ4v) is 3.05. The van der Waals surface area contributed by atoms with Crippen molar-refractivity contribution in [3.05, 3.63) is 82.7 Å². The molecular weight excluding hydrogens is 378 g/mol. The molecule has 122 valence electrons. The van der Waals surface area contributed by atoms with E-state index in [0.717, 1.165) is 32.6 Å². The molecule has 0 aliphatic carbocycles. The van der Waals surface area contributed by atoms with Crippen LogP contribution in [-0.2, 0) is 0 Å². The lowest BCUT2D eigenvalue weighted by Crippen LogP contribution is -1.83. The number of para-hydroxylation sites is 1. The Kier molecular flexibility index (Phi) is 4.12. The maximum absolute atomic E-state index is 9.92. The molecule has 0 unspecified atom stereocenters. The van der Waals surface area contributed by atoms with Gasteiger partial charge in [0.15, 0.2) is 0 Å². The standard InChI is InChI=1S/C21H14BrNO2/c22-16-5-1-4-15(13-16)20-12-11-18(25-20)10-9-17-8-7-14-3-2-6-19(24)21(14)23-17/h1-13,24H/b10-9+. The zero-order valence-electron chi connectivity index (χ0n) is 13.2. The van der Waals surface area contributed by atoms with E-state index in [9.17, 15) is 5.11 Å². The Morgan fingerprint density at radius 1 is 0.920 bits per heavy atom. The normalized spacial score (nSPS) is 11.4. The predicted octanol–water partition coefficient (Wildman–Crippen LogP) is 6.13. The van der Waals surface area contributed by atoms with Crippen LogP contribution in [0.25, 0.3) is 34.4 Å². The van der Waals surface area contributed by atoms with Crippen LogP contribution in [0.15, 0.2) is 75.6 Å². The van der Waals surface area contributed by atoms with E-state index in [2.05, 4.69) is 20.9 Å². The molecule has 4 heteroatoms. The van der Waals surface area contributed by atoms with Gasteiger partial charge in [0.2, 0.25) is 0 Å². The third kappa shape index (κ3) is 3.35. The summed E-state index contributed by atoms with van der Waals surface area (Å²) in [6.45, 7) is 0. The summed E-state index contributed by atoms with van der Waals surface area (Å²) in [6.07, 6.45) is 3.74. The van der Waals surface area contributed by atoms with Gasteiger partial charge in [-0.2, -0.15) is 0 Å². The van der Waals surface area contributed by atoms with Crippen molar-refractivity contribution in [2.75, 3.05) is 0 Å². The van der Waals surface area contributed by atoms with Gasteiger partial charge in [0.05, 0.1) is 5.69 Å². The first-order valence-corrected chi connectivity index (χ1v) is 8.61. The fraction of sp³-hybridized carbons (Fsp3) is 0. The Balaban J connectivity index is 1.61. The summed E-state index contributed by atoms with van der Waals surface area (Å²) >= 11 is 3.47. The first kappa shape index (κ1) is 15.7. The number of furan rings is 1. The van der Waals surface area contributed by atoms with Gasteiger partial charge in [-0.1, -0.05) is 46.3 Å². The highest BCUT2D eigenvalue weighted by atomic mass is 79.9. The van der Waals surface area contributed by atoms with Crippen molar-refractivity contribution >= 4 is 39.0 Å². The number of phenols is 1. The number of phenolic OH excluding ortho intramolecular Hbond substituents is 1. The monoisotopic (exact) mass is 391 g/mol. The molecule has 0 bridgehead atoms. The summed E-state index contributed by atoms with van der Waals surface area (Å²) < 4.78 is 6.89. The molecule has 25 heavy (non-hydrogen) atoms. The number of fused-ring (bicyclic) bond motifs is 1. The summed E-state index contributed by atoms with van der Waals surface area (Å²) in [4.78, 5) is 4.48. The molecule has 0 amide bonds. The van der Waals surface area contributed by atoms with Gasteiger partial charge in [0.25, 0.3) is 0 Å². The average Bonchev–Trinajstić information content (AvgIpc) is 3.10. The number of hydrogen-bond acceptors (Lipinski definition) is 3. The fourth-order valence-electron chi connectivity index (χ4n) is 2.65. The predicted molar refractivity (Wildman–Crippen MR) is 104 cm³/mol. The average molecular weight is 392 g/mol. The molecule has 0 fully saturated rings. The Labute approximate surface area is 153 Å². The van der Waals surface area contributed by atoms with E-state index < -0.39 is 0 Å². The summed E-state index contributed by atoms with van der Waals surface area (Å²) in [5.74, 6) is 1.74. The van der Waals surface area contributed by atoms with Crippen molar-refractivity contribution < 1.29 is 9.52 Å². The van der Waals surface area contributed by atoms with Gasteiger partial charge < -0.3 is 9.52 Å². The highest BCUT2D eigenvalue weighted by Crippen LogP contribution is 2.26. The number of nitrogens with zero attached hydrogens (tertiary/aromatic N) is 1. The van der Waals surface area contributed by atoms with Crippen molar-refractivity contribution in [1.29, 1.82) is 0 Å². The van der Waals surface area contributed by atoms with Gasteiger partial charge in [-0.15, -0.1) is 0 Å². The van der Waals surface area contributed by atoms with Crippen LogP contribution in [0.5, 0.6) is 5.75 Å². The Morgan fingerprint density at radius 2 is 1.80 bits per heavy atom. The Bertz CT molecular complexity index is 1080. The molecule has 3 nitrogen and oxygen atoms in total. The number of pyridine rings is 1. The minimum Gasteiger partial charge on any atom is -0.506 e. The molecule has 1 N–H and O–H groups in total. The lowest BCUT2D eigenvalue weighted by molar-refractivity contribution is 0.480. The molecule has 0 radical (unpaired) electrons. The molecule has 0 saturated carbocycles. The molecule has 0 spiro atoms. The summed E-state index contributed by atoms with van der Waals surface area (Å²) in [6, 6.07) is 21.1. The second-order valence-electron chi connectivity index (χ2n) is 5.63. The summed E-state index contributed by atoms with van der Waals surface area (Å²) in [5, 5.41) is 10.8. The van der Waals surface area contributed by atoms with Crippen LogP contribution < -0.4 is 0 Å². The lowest BCUT2D eigenvalue weighted by Gasteiger charge is -2.01. The van der Waals surface area contributed by atoms with E-state index >= 15 is 0 Å². The number of benzene rings is 2. The smallest absolute Gasteiger partial charge is 0.141 e. The van der Waals surface area contributed by atoms with Crippen LogP contribution in [0.1, 0.15) is 11.5 Å². The number of aromatic nitrogens is 1. The summed E-state index contributed by atoms with van der Waals surface area (Å²) in [5.41, 5.74) is 2.37. The third-order valence-electron chi connectivity index (χ3n) is 3.87. The second kappa shape index (κ2) is 6.57. The molecule has 0 aliphatic rings. The topological polar surface area (TPSA) is 46.3 Å². The van der Waals surface area contributed by atoms with Gasteiger partial charge in [0.1, 0.15) is 22.8 Å². The van der Waals surface area contributed by atoms with E-state index in [1.54, 1.807) is 12.1 Å². The first-order chi connectivity index (χ1) is 12.2. The number of rotatable bonds is 3. The second-order valence-corrected chi connectivity index (χ2v) is 6.55. The molecule has 0 aliphatic heterocycles. The molecule has 2 aromatic carbocycles. The van der Waals surface area contributed by atoms with Crippen LogP contribution in [0.4, 0.5) is 0 Å². The van der Waals surface area contributed by atoms with Crippen LogP contribution in [0.2, 0.25) is 0 Å². The molecule has 0 atom stereocenters. The minimum absolute atomic E-state index is 0.183. The van der Waals surface area contributed by atoms with Crippen LogP contribution in [0, 0.1) is 0 Å². The zero-order valence-corrected chi connectivity index (χ0v) is 14.8. The zero-order chi connectivity index (χ0) is 17.2. The van der Waals surface area contributed by atoms with Crippen LogP contribution in [0.3, 0.4) is 0 Å². The van der Waals surface area contributed by atoms with E-state index in [1.165, 1.54) is 0 Å². The SMILES string of the molecule is Oc1cccc2ccc(/C=C/c3ccc(-c4cccc(Br)c4)o3)nc12. The maximum Gasteiger partial charge on any atom is 0.141 e. The van der Waals surface area contributed by atoms with Gasteiger partial charge in [0, 0.05) is 15.4 Å². The third-order valence-corrected chi connectivity index (χ3v) is 4.37. The van der Waals surface area contributed by atoms with Gasteiger partial charge in [-0.3, -0.25) is 0 Å². The van der Waals surface area contributed by atoms with Crippen LogP contribution >= 0.6 is 15.9 Å². The van der Waals surface area contributed by atoms with Crippen molar-refractivity contribution in [2.45, 2.75) is 0 Å². The van der Waals surface area contributed by atoms with Crippen molar-refractivity contribution in [3.63, 3.8) is 0 Å². The van der Waals surface area contributed by atoms with E-state index in [0.29, 0.717) is 5.52 Å². The van der Waals surface area contributed by atoms with Crippen molar-refractivity contribution in [2.24, 2.45) is 0 Å². The largest absolute Gasteiger partial charge is 0.506 e. The number of hydrogen-bond donors (Lipinski definition) is 1. The van der Waals surface area contributed by atoms with Crippen molar-refractivity contribution in [3.8, 4) is 17.1 Å². The quantitative estimate of drug-likeness (QED) is 0.456. The molecular formula is C21H14BrNO2. The molecule has 4 rings (SSSR count). The molecule has 4 aromatic rings. The van der Waals surface area contributed by atoms with Gasteiger partial charge >= 0.3 is 0 Å². The highest BCUT2D eigenvalue weighted by Gasteiger charge is 2.04. The molecule has 2 heterocycles. The Hall–Kier alpha value is -2.85. The minimum atomic E-state index is 0.183.